The Labute approximate surface area is 153 Å². The van der Waals surface area contributed by atoms with E-state index in [1.54, 1.807) is 35.7 Å². The first-order chi connectivity index (χ1) is 12.5. The maximum atomic E-state index is 12.9. The van der Waals surface area contributed by atoms with E-state index in [9.17, 15) is 8.42 Å². The van der Waals surface area contributed by atoms with Gasteiger partial charge in [-0.05, 0) is 48.2 Å². The Hall–Kier alpha value is -2.31. The number of nitrogens with zero attached hydrogens (tertiary/aromatic N) is 2. The summed E-state index contributed by atoms with van der Waals surface area (Å²) in [7, 11) is 0.143. The summed E-state index contributed by atoms with van der Waals surface area (Å²) in [5.74, 6) is 0.860. The molecule has 0 spiro atoms. The lowest BCUT2D eigenvalue weighted by atomic mass is 10.1. The Bertz CT molecular complexity index is 1040. The third kappa shape index (κ3) is 2.79. The maximum Gasteiger partial charge on any atom is 0.243 e. The van der Waals surface area contributed by atoms with E-state index >= 15 is 0 Å². The van der Waals surface area contributed by atoms with E-state index in [1.807, 2.05) is 12.1 Å². The van der Waals surface area contributed by atoms with E-state index < -0.39 is 10.0 Å². The molecule has 1 aliphatic rings. The molecular formula is C20H22N2O3S. The summed E-state index contributed by atoms with van der Waals surface area (Å²) in [6.45, 7) is 1.05. The average Bonchev–Trinajstić information content (AvgIpc) is 3.28. The van der Waals surface area contributed by atoms with Gasteiger partial charge in [-0.15, -0.1) is 0 Å². The topological polar surface area (TPSA) is 51.5 Å². The zero-order chi connectivity index (χ0) is 18.3. The van der Waals surface area contributed by atoms with Crippen molar-refractivity contribution in [3.8, 4) is 5.75 Å². The van der Waals surface area contributed by atoms with Crippen molar-refractivity contribution in [3.05, 3.63) is 60.3 Å². The Morgan fingerprint density at radius 3 is 2.50 bits per heavy atom. The van der Waals surface area contributed by atoms with Crippen LogP contribution in [0.3, 0.4) is 0 Å². The highest BCUT2D eigenvalue weighted by Crippen LogP contribution is 2.34. The first-order valence-corrected chi connectivity index (χ1v) is 10.1. The maximum absolute atomic E-state index is 12.9. The van der Waals surface area contributed by atoms with Gasteiger partial charge in [0.15, 0.2) is 0 Å². The molecule has 136 valence electrons. The van der Waals surface area contributed by atoms with Gasteiger partial charge < -0.3 is 9.30 Å². The molecule has 1 unspecified atom stereocenters. The van der Waals surface area contributed by atoms with Gasteiger partial charge in [0.1, 0.15) is 5.75 Å². The summed E-state index contributed by atoms with van der Waals surface area (Å²) in [6.07, 6.45) is 0.833. The Morgan fingerprint density at radius 1 is 1.08 bits per heavy atom. The number of aryl methyl sites for hydroxylation is 1. The summed E-state index contributed by atoms with van der Waals surface area (Å²) < 4.78 is 34.8. The fraction of sp³-hybridized carbons (Fsp3) is 0.300. The second-order valence-corrected chi connectivity index (χ2v) is 8.65. The highest BCUT2D eigenvalue weighted by atomic mass is 32.2. The highest BCUT2D eigenvalue weighted by molar-refractivity contribution is 7.89. The molecule has 3 aromatic rings. The van der Waals surface area contributed by atoms with Gasteiger partial charge in [-0.2, -0.15) is 4.31 Å². The monoisotopic (exact) mass is 370 g/mol. The lowest BCUT2D eigenvalue weighted by Gasteiger charge is -2.17. The van der Waals surface area contributed by atoms with Crippen LogP contribution < -0.4 is 4.74 Å². The third-order valence-corrected chi connectivity index (χ3v) is 7.13. The molecule has 1 fully saturated rings. The molecular weight excluding hydrogens is 348 g/mol. The summed E-state index contributed by atoms with van der Waals surface area (Å²) in [5.41, 5.74) is 2.37. The smallest absolute Gasteiger partial charge is 0.243 e. The van der Waals surface area contributed by atoms with Crippen LogP contribution in [0.4, 0.5) is 0 Å². The quantitative estimate of drug-likeness (QED) is 0.708. The first kappa shape index (κ1) is 17.1. The van der Waals surface area contributed by atoms with E-state index in [-0.39, 0.29) is 5.92 Å². The van der Waals surface area contributed by atoms with Crippen molar-refractivity contribution in [3.63, 3.8) is 0 Å². The lowest BCUT2D eigenvalue weighted by molar-refractivity contribution is 0.414. The van der Waals surface area contributed by atoms with Crippen molar-refractivity contribution in [2.75, 3.05) is 20.2 Å². The van der Waals surface area contributed by atoms with E-state index in [1.165, 1.54) is 16.6 Å². The molecule has 0 bridgehead atoms. The van der Waals surface area contributed by atoms with Crippen LogP contribution in [0.1, 0.15) is 18.0 Å². The molecule has 5 nitrogen and oxygen atoms in total. The zero-order valence-corrected chi connectivity index (χ0v) is 15.7. The van der Waals surface area contributed by atoms with E-state index in [2.05, 4.69) is 29.8 Å². The molecule has 6 heteroatoms. The molecule has 2 aromatic carbocycles. The molecule has 2 heterocycles. The van der Waals surface area contributed by atoms with Gasteiger partial charge in [-0.3, -0.25) is 0 Å². The zero-order valence-electron chi connectivity index (χ0n) is 14.9. The lowest BCUT2D eigenvalue weighted by Crippen LogP contribution is -2.28. The van der Waals surface area contributed by atoms with Crippen molar-refractivity contribution in [1.29, 1.82) is 0 Å². The molecule has 0 N–H and O–H groups in total. The van der Waals surface area contributed by atoms with Crippen LogP contribution in [-0.4, -0.2) is 37.5 Å². The number of hydrogen-bond acceptors (Lipinski definition) is 3. The molecule has 26 heavy (non-hydrogen) atoms. The largest absolute Gasteiger partial charge is 0.497 e. The minimum absolute atomic E-state index is 0.209. The minimum atomic E-state index is -3.48. The second-order valence-electron chi connectivity index (χ2n) is 6.71. The van der Waals surface area contributed by atoms with Gasteiger partial charge in [-0.25, -0.2) is 8.42 Å². The van der Waals surface area contributed by atoms with Gasteiger partial charge in [0.2, 0.25) is 10.0 Å². The van der Waals surface area contributed by atoms with Crippen LogP contribution in [0, 0.1) is 0 Å². The fourth-order valence-corrected chi connectivity index (χ4v) is 5.29. The standard InChI is InChI=1S/C20H22N2O3S/c1-21-19-6-4-3-5-15(19)13-20(21)16-11-12-22(14-16)26(23,24)18-9-7-17(25-2)8-10-18/h3-10,13,16H,11-12,14H2,1-2H3. The Balaban J connectivity index is 1.60. The number of para-hydroxylation sites is 1. The van der Waals surface area contributed by atoms with Crippen LogP contribution in [0.15, 0.2) is 59.5 Å². The number of benzene rings is 2. The van der Waals surface area contributed by atoms with Gasteiger partial charge >= 0.3 is 0 Å². The third-order valence-electron chi connectivity index (χ3n) is 5.26. The number of rotatable bonds is 4. The van der Waals surface area contributed by atoms with Crippen LogP contribution >= 0.6 is 0 Å². The van der Waals surface area contributed by atoms with Crippen LogP contribution in [0.2, 0.25) is 0 Å². The molecule has 1 saturated heterocycles. The molecule has 0 amide bonds. The fourth-order valence-electron chi connectivity index (χ4n) is 3.79. The van der Waals surface area contributed by atoms with Crippen LogP contribution in [0.25, 0.3) is 10.9 Å². The number of methoxy groups -OCH3 is 1. The SMILES string of the molecule is COc1ccc(S(=O)(=O)N2CCC(c3cc4ccccc4n3C)C2)cc1. The Kier molecular flexibility index (Phi) is 4.25. The van der Waals surface area contributed by atoms with Gasteiger partial charge in [-0.1, -0.05) is 18.2 Å². The number of sulfonamides is 1. The normalized spacial score (nSPS) is 18.5. The van der Waals surface area contributed by atoms with Gasteiger partial charge in [0.25, 0.3) is 0 Å². The number of aromatic nitrogens is 1. The van der Waals surface area contributed by atoms with Gasteiger partial charge in [0.05, 0.1) is 12.0 Å². The van der Waals surface area contributed by atoms with Crippen molar-refractivity contribution >= 4 is 20.9 Å². The number of hydrogen-bond donors (Lipinski definition) is 0. The van der Waals surface area contributed by atoms with Gasteiger partial charge in [0, 0.05) is 37.3 Å². The average molecular weight is 370 g/mol. The predicted molar refractivity (Wildman–Crippen MR) is 102 cm³/mol. The van der Waals surface area contributed by atoms with Crippen LogP contribution in [-0.2, 0) is 17.1 Å². The van der Waals surface area contributed by atoms with E-state index in [0.717, 1.165) is 6.42 Å². The molecule has 0 aliphatic carbocycles. The minimum Gasteiger partial charge on any atom is -0.497 e. The number of fused-ring (bicyclic) bond motifs is 1. The summed E-state index contributed by atoms with van der Waals surface area (Å²) in [6, 6.07) is 17.0. The first-order valence-electron chi connectivity index (χ1n) is 8.69. The Morgan fingerprint density at radius 2 is 1.81 bits per heavy atom. The molecule has 1 aromatic heterocycles. The van der Waals surface area contributed by atoms with Crippen molar-refractivity contribution < 1.29 is 13.2 Å². The second kappa shape index (κ2) is 6.45. The summed E-state index contributed by atoms with van der Waals surface area (Å²) >= 11 is 0. The highest BCUT2D eigenvalue weighted by Gasteiger charge is 2.34. The van der Waals surface area contributed by atoms with Crippen LogP contribution in [0.5, 0.6) is 5.75 Å². The summed E-state index contributed by atoms with van der Waals surface area (Å²) in [5, 5.41) is 1.20. The molecule has 1 atom stereocenters. The summed E-state index contributed by atoms with van der Waals surface area (Å²) in [4.78, 5) is 0.316. The van der Waals surface area contributed by atoms with Crippen molar-refractivity contribution in [1.82, 2.24) is 8.87 Å². The number of ether oxygens (including phenoxy) is 1. The van der Waals surface area contributed by atoms with E-state index in [4.69, 9.17) is 4.74 Å². The molecule has 0 saturated carbocycles. The predicted octanol–water partition coefficient (Wildman–Crippen LogP) is 3.37. The van der Waals surface area contributed by atoms with Crippen molar-refractivity contribution in [2.45, 2.75) is 17.2 Å². The van der Waals surface area contributed by atoms with E-state index in [0.29, 0.717) is 23.7 Å². The molecule has 1 aliphatic heterocycles. The molecule has 0 radical (unpaired) electrons. The van der Waals surface area contributed by atoms with Crippen molar-refractivity contribution in [2.24, 2.45) is 7.05 Å². The molecule has 4 rings (SSSR count).